The molecule has 3 N–H and O–H groups in total. The Bertz CT molecular complexity index is 951. The fourth-order valence-corrected chi connectivity index (χ4v) is 2.84. The van der Waals surface area contributed by atoms with Gasteiger partial charge in [-0.1, -0.05) is 23.9 Å². The number of para-hydroxylation sites is 2. The highest BCUT2D eigenvalue weighted by Gasteiger charge is 2.10. The zero-order valence-electron chi connectivity index (χ0n) is 14.0. The van der Waals surface area contributed by atoms with E-state index in [0.29, 0.717) is 22.1 Å². The monoisotopic (exact) mass is 385 g/mol. The Hall–Kier alpha value is -3.33. The van der Waals surface area contributed by atoms with Crippen LogP contribution in [0, 0.1) is 0 Å². The molecule has 0 saturated carbocycles. The molecule has 0 aliphatic heterocycles. The zero-order chi connectivity index (χ0) is 19.2. The van der Waals surface area contributed by atoms with Gasteiger partial charge in [-0.15, -0.1) is 0 Å². The SMILES string of the molecule is O=C(O)CNC(=O)c1ccc(NC(=O)CSc2nc3ccccc3o2)cc1. The molecule has 0 fully saturated rings. The third kappa shape index (κ3) is 5.08. The lowest BCUT2D eigenvalue weighted by molar-refractivity contribution is -0.135. The van der Waals surface area contributed by atoms with Crippen molar-refractivity contribution in [3.05, 3.63) is 54.1 Å². The molecule has 0 bridgehead atoms. The van der Waals surface area contributed by atoms with Crippen LogP contribution in [0.1, 0.15) is 10.4 Å². The molecule has 0 saturated heterocycles. The van der Waals surface area contributed by atoms with Crippen molar-refractivity contribution in [2.45, 2.75) is 5.22 Å². The minimum absolute atomic E-state index is 0.119. The zero-order valence-corrected chi connectivity index (χ0v) is 14.8. The molecule has 138 valence electrons. The molecule has 2 aromatic carbocycles. The number of thioether (sulfide) groups is 1. The van der Waals surface area contributed by atoms with E-state index in [1.165, 1.54) is 23.9 Å². The maximum Gasteiger partial charge on any atom is 0.322 e. The van der Waals surface area contributed by atoms with E-state index in [4.69, 9.17) is 9.52 Å². The van der Waals surface area contributed by atoms with Crippen molar-refractivity contribution in [2.75, 3.05) is 17.6 Å². The van der Waals surface area contributed by atoms with E-state index in [2.05, 4.69) is 15.6 Å². The summed E-state index contributed by atoms with van der Waals surface area (Å²) in [7, 11) is 0. The number of hydrogen-bond donors (Lipinski definition) is 3. The van der Waals surface area contributed by atoms with Crippen LogP contribution in [-0.4, -0.2) is 40.2 Å². The summed E-state index contributed by atoms with van der Waals surface area (Å²) < 4.78 is 5.54. The number of oxazole rings is 1. The number of benzene rings is 2. The first-order valence-electron chi connectivity index (χ1n) is 7.89. The van der Waals surface area contributed by atoms with E-state index in [9.17, 15) is 14.4 Å². The summed E-state index contributed by atoms with van der Waals surface area (Å²) in [5.74, 6) is -1.75. The summed E-state index contributed by atoms with van der Waals surface area (Å²) in [5.41, 5.74) is 2.22. The number of carbonyl (C=O) groups is 3. The predicted octanol–water partition coefficient (Wildman–Crippen LogP) is 2.37. The summed E-state index contributed by atoms with van der Waals surface area (Å²) >= 11 is 1.18. The van der Waals surface area contributed by atoms with Crippen molar-refractivity contribution in [1.82, 2.24) is 10.3 Å². The predicted molar refractivity (Wildman–Crippen MR) is 99.8 cm³/mol. The van der Waals surface area contributed by atoms with Crippen LogP contribution in [0.5, 0.6) is 0 Å². The maximum absolute atomic E-state index is 12.1. The van der Waals surface area contributed by atoms with Gasteiger partial charge in [-0.3, -0.25) is 14.4 Å². The molecular weight excluding hydrogens is 370 g/mol. The van der Waals surface area contributed by atoms with Gasteiger partial charge >= 0.3 is 5.97 Å². The van der Waals surface area contributed by atoms with E-state index in [0.717, 1.165) is 5.52 Å². The molecule has 0 spiro atoms. The third-order valence-corrected chi connectivity index (χ3v) is 4.26. The number of carboxylic acid groups (broad SMARTS) is 1. The topological polar surface area (TPSA) is 122 Å². The van der Waals surface area contributed by atoms with Crippen LogP contribution in [-0.2, 0) is 9.59 Å². The van der Waals surface area contributed by atoms with Crippen molar-refractivity contribution in [3.63, 3.8) is 0 Å². The summed E-state index contributed by atoms with van der Waals surface area (Å²) in [6, 6.07) is 13.5. The van der Waals surface area contributed by atoms with Crippen LogP contribution in [0.3, 0.4) is 0 Å². The van der Waals surface area contributed by atoms with Crippen LogP contribution in [0.2, 0.25) is 0 Å². The van der Waals surface area contributed by atoms with Crippen molar-refractivity contribution in [2.24, 2.45) is 0 Å². The summed E-state index contributed by atoms with van der Waals surface area (Å²) in [5, 5.41) is 13.9. The number of aliphatic carboxylic acids is 1. The standard InChI is InChI=1S/C18H15N3O5S/c22-15(10-27-18-21-13-3-1-2-4-14(13)26-18)20-12-7-5-11(6-8-12)17(25)19-9-16(23)24/h1-8H,9-10H2,(H,19,25)(H,20,22)(H,23,24). The number of carboxylic acids is 1. The number of rotatable bonds is 7. The molecule has 9 heteroatoms. The molecule has 1 aromatic heterocycles. The van der Waals surface area contributed by atoms with Gasteiger partial charge in [0.05, 0.1) is 5.75 Å². The fourth-order valence-electron chi connectivity index (χ4n) is 2.20. The van der Waals surface area contributed by atoms with Gasteiger partial charge < -0.3 is 20.2 Å². The maximum atomic E-state index is 12.1. The number of hydrogen-bond acceptors (Lipinski definition) is 6. The van der Waals surface area contributed by atoms with Crippen LogP contribution < -0.4 is 10.6 Å². The Morgan fingerprint density at radius 2 is 1.81 bits per heavy atom. The van der Waals surface area contributed by atoms with Gasteiger partial charge in [0.1, 0.15) is 12.1 Å². The Balaban J connectivity index is 1.51. The number of anilines is 1. The number of amides is 2. The molecule has 2 amide bonds. The Kier molecular flexibility index (Phi) is 5.72. The van der Waals surface area contributed by atoms with Crippen molar-refractivity contribution < 1.29 is 23.9 Å². The molecule has 27 heavy (non-hydrogen) atoms. The minimum Gasteiger partial charge on any atom is -0.480 e. The van der Waals surface area contributed by atoms with Gasteiger partial charge in [-0.25, -0.2) is 4.98 Å². The lowest BCUT2D eigenvalue weighted by atomic mass is 10.2. The van der Waals surface area contributed by atoms with Crippen LogP contribution in [0.4, 0.5) is 5.69 Å². The van der Waals surface area contributed by atoms with Crippen LogP contribution in [0.15, 0.2) is 58.2 Å². The number of nitrogens with one attached hydrogen (secondary N) is 2. The molecule has 0 unspecified atom stereocenters. The highest BCUT2D eigenvalue weighted by molar-refractivity contribution is 7.99. The number of aromatic nitrogens is 1. The average molecular weight is 385 g/mol. The molecule has 3 rings (SSSR count). The molecule has 0 aliphatic carbocycles. The second-order valence-electron chi connectivity index (χ2n) is 5.44. The molecule has 0 radical (unpaired) electrons. The normalized spacial score (nSPS) is 10.5. The molecule has 0 atom stereocenters. The summed E-state index contributed by atoms with van der Waals surface area (Å²) in [6.07, 6.45) is 0. The van der Waals surface area contributed by atoms with Crippen LogP contribution >= 0.6 is 11.8 Å². The second kappa shape index (κ2) is 8.37. The van der Waals surface area contributed by atoms with E-state index >= 15 is 0 Å². The van der Waals surface area contributed by atoms with Gasteiger partial charge in [0, 0.05) is 11.3 Å². The number of fused-ring (bicyclic) bond motifs is 1. The molecule has 8 nitrogen and oxygen atoms in total. The van der Waals surface area contributed by atoms with Crippen molar-refractivity contribution in [3.8, 4) is 0 Å². The Morgan fingerprint density at radius 1 is 1.07 bits per heavy atom. The summed E-state index contributed by atoms with van der Waals surface area (Å²) in [4.78, 5) is 38.5. The first-order chi connectivity index (χ1) is 13.0. The van der Waals surface area contributed by atoms with Gasteiger partial charge in [-0.2, -0.15) is 0 Å². The summed E-state index contributed by atoms with van der Waals surface area (Å²) in [6.45, 7) is -0.454. The average Bonchev–Trinajstić information content (AvgIpc) is 3.08. The Morgan fingerprint density at radius 3 is 2.52 bits per heavy atom. The van der Waals surface area contributed by atoms with Crippen LogP contribution in [0.25, 0.3) is 11.1 Å². The lowest BCUT2D eigenvalue weighted by Gasteiger charge is -2.06. The van der Waals surface area contributed by atoms with E-state index in [1.54, 1.807) is 18.2 Å². The number of carbonyl (C=O) groups excluding carboxylic acids is 2. The highest BCUT2D eigenvalue weighted by Crippen LogP contribution is 2.23. The van der Waals surface area contributed by atoms with Gasteiger partial charge in [0.2, 0.25) is 5.91 Å². The van der Waals surface area contributed by atoms with E-state index in [1.807, 2.05) is 18.2 Å². The quantitative estimate of drug-likeness (QED) is 0.534. The lowest BCUT2D eigenvalue weighted by Crippen LogP contribution is -2.29. The Labute approximate surface area is 158 Å². The smallest absolute Gasteiger partial charge is 0.322 e. The largest absolute Gasteiger partial charge is 0.480 e. The van der Waals surface area contributed by atoms with Gasteiger partial charge in [-0.05, 0) is 36.4 Å². The van der Waals surface area contributed by atoms with Crippen molar-refractivity contribution >= 4 is 46.3 Å². The van der Waals surface area contributed by atoms with Gasteiger partial charge in [0.15, 0.2) is 5.58 Å². The molecule has 0 aliphatic rings. The highest BCUT2D eigenvalue weighted by atomic mass is 32.2. The number of nitrogens with zero attached hydrogens (tertiary/aromatic N) is 1. The van der Waals surface area contributed by atoms with E-state index in [-0.39, 0.29) is 11.7 Å². The fraction of sp³-hybridized carbons (Fsp3) is 0.111. The molecule has 3 aromatic rings. The van der Waals surface area contributed by atoms with E-state index < -0.39 is 18.4 Å². The first-order valence-corrected chi connectivity index (χ1v) is 8.88. The van der Waals surface area contributed by atoms with Crippen molar-refractivity contribution in [1.29, 1.82) is 0 Å². The molecular formula is C18H15N3O5S. The van der Waals surface area contributed by atoms with Gasteiger partial charge in [0.25, 0.3) is 11.1 Å². The first kappa shape index (κ1) is 18.5. The third-order valence-electron chi connectivity index (χ3n) is 3.43. The second-order valence-corrected chi connectivity index (χ2v) is 6.36. The minimum atomic E-state index is -1.12. The molecule has 1 heterocycles.